The normalized spacial score (nSPS) is 23.2. The summed E-state index contributed by atoms with van der Waals surface area (Å²) in [5.41, 5.74) is 0. The molecule has 3 nitrogen and oxygen atoms in total. The zero-order valence-electron chi connectivity index (χ0n) is 11.6. The first-order valence-corrected chi connectivity index (χ1v) is 7.88. The van der Waals surface area contributed by atoms with Gasteiger partial charge in [0.15, 0.2) is 5.11 Å². The minimum absolute atomic E-state index is 0.633. The lowest BCUT2D eigenvalue weighted by Crippen LogP contribution is -2.41. The van der Waals surface area contributed by atoms with Gasteiger partial charge in [0, 0.05) is 12.6 Å². The Morgan fingerprint density at radius 1 is 1.17 bits per heavy atom. The third-order valence-electron chi connectivity index (χ3n) is 4.37. The zero-order valence-corrected chi connectivity index (χ0v) is 12.4. The van der Waals surface area contributed by atoms with Gasteiger partial charge in [0.05, 0.1) is 0 Å². The molecule has 0 amide bonds. The van der Waals surface area contributed by atoms with Crippen LogP contribution in [0.3, 0.4) is 0 Å². The van der Waals surface area contributed by atoms with E-state index in [1.54, 1.807) is 0 Å². The maximum atomic E-state index is 5.35. The van der Waals surface area contributed by atoms with Gasteiger partial charge in [-0.05, 0) is 70.4 Å². The molecule has 1 heterocycles. The van der Waals surface area contributed by atoms with E-state index in [2.05, 4.69) is 22.6 Å². The third-order valence-corrected chi connectivity index (χ3v) is 4.63. The minimum Gasteiger partial charge on any atom is -0.363 e. The third kappa shape index (κ3) is 4.73. The van der Waals surface area contributed by atoms with Crippen LogP contribution < -0.4 is 10.6 Å². The van der Waals surface area contributed by atoms with Crippen molar-refractivity contribution in [1.29, 1.82) is 0 Å². The van der Waals surface area contributed by atoms with Crippen molar-refractivity contribution < 1.29 is 0 Å². The van der Waals surface area contributed by atoms with Gasteiger partial charge >= 0.3 is 0 Å². The fraction of sp³-hybridized carbons (Fsp3) is 0.929. The number of thiocarbonyl (C=S) groups is 1. The second kappa shape index (κ2) is 7.29. The van der Waals surface area contributed by atoms with Crippen LogP contribution in [0.5, 0.6) is 0 Å². The topological polar surface area (TPSA) is 27.3 Å². The zero-order chi connectivity index (χ0) is 12.8. The molecule has 1 aliphatic heterocycles. The summed E-state index contributed by atoms with van der Waals surface area (Å²) in [4.78, 5) is 2.43. The Balaban J connectivity index is 1.53. The monoisotopic (exact) mass is 269 g/mol. The van der Waals surface area contributed by atoms with Crippen LogP contribution in [0, 0.1) is 5.92 Å². The van der Waals surface area contributed by atoms with Crippen LogP contribution in [-0.4, -0.2) is 42.7 Å². The largest absolute Gasteiger partial charge is 0.363 e. The maximum absolute atomic E-state index is 5.35. The predicted octanol–water partition coefficient (Wildman–Crippen LogP) is 2.12. The van der Waals surface area contributed by atoms with Gasteiger partial charge in [-0.2, -0.15) is 0 Å². The summed E-state index contributed by atoms with van der Waals surface area (Å²) in [6.07, 6.45) is 9.25. The number of nitrogens with one attached hydrogen (secondary N) is 2. The van der Waals surface area contributed by atoms with Crippen molar-refractivity contribution in [2.45, 2.75) is 51.0 Å². The van der Waals surface area contributed by atoms with E-state index in [0.717, 1.165) is 17.6 Å². The molecule has 104 valence electrons. The predicted molar refractivity (Wildman–Crippen MR) is 80.8 cm³/mol. The lowest BCUT2D eigenvalue weighted by molar-refractivity contribution is 0.213. The molecule has 2 fully saturated rings. The van der Waals surface area contributed by atoms with Crippen LogP contribution in [0.2, 0.25) is 0 Å². The van der Waals surface area contributed by atoms with Crippen molar-refractivity contribution in [2.75, 3.05) is 26.7 Å². The molecule has 1 aliphatic carbocycles. The van der Waals surface area contributed by atoms with Crippen LogP contribution in [0.4, 0.5) is 0 Å². The van der Waals surface area contributed by atoms with Crippen molar-refractivity contribution in [3.63, 3.8) is 0 Å². The Bertz CT molecular complexity index is 256. The number of likely N-dealkylation sites (tertiary alicyclic amines) is 1. The summed E-state index contributed by atoms with van der Waals surface area (Å²) in [6.45, 7) is 3.55. The molecule has 0 spiro atoms. The minimum atomic E-state index is 0.633. The summed E-state index contributed by atoms with van der Waals surface area (Å²) >= 11 is 5.35. The highest BCUT2D eigenvalue weighted by Crippen LogP contribution is 2.19. The molecule has 1 saturated carbocycles. The molecule has 0 aromatic heterocycles. The number of hydrogen-bond donors (Lipinski definition) is 2. The molecule has 0 bridgehead atoms. The fourth-order valence-electron chi connectivity index (χ4n) is 3.05. The maximum Gasteiger partial charge on any atom is 0.166 e. The smallest absolute Gasteiger partial charge is 0.166 e. The SMILES string of the molecule is CN1CCC(CCNC(=S)NC2CCCC2)CC1. The molecular weight excluding hydrogens is 242 g/mol. The van der Waals surface area contributed by atoms with Crippen LogP contribution in [0.25, 0.3) is 0 Å². The van der Waals surface area contributed by atoms with E-state index in [4.69, 9.17) is 12.2 Å². The molecule has 0 aromatic rings. The van der Waals surface area contributed by atoms with E-state index in [1.807, 2.05) is 0 Å². The Kier molecular flexibility index (Phi) is 5.70. The van der Waals surface area contributed by atoms with Crippen molar-refractivity contribution in [2.24, 2.45) is 5.92 Å². The van der Waals surface area contributed by atoms with Crippen LogP contribution in [0.15, 0.2) is 0 Å². The molecule has 18 heavy (non-hydrogen) atoms. The Morgan fingerprint density at radius 2 is 1.83 bits per heavy atom. The average molecular weight is 269 g/mol. The first-order chi connectivity index (χ1) is 8.74. The van der Waals surface area contributed by atoms with Crippen LogP contribution >= 0.6 is 12.2 Å². The average Bonchev–Trinajstić information content (AvgIpc) is 2.84. The second-order valence-electron chi connectivity index (χ2n) is 5.92. The summed E-state index contributed by atoms with van der Waals surface area (Å²) in [7, 11) is 2.22. The van der Waals surface area contributed by atoms with Crippen LogP contribution in [0.1, 0.15) is 44.9 Å². The van der Waals surface area contributed by atoms with E-state index >= 15 is 0 Å². The Hall–Kier alpha value is -0.350. The van der Waals surface area contributed by atoms with E-state index < -0.39 is 0 Å². The highest BCUT2D eigenvalue weighted by Gasteiger charge is 2.17. The molecule has 1 saturated heterocycles. The lowest BCUT2D eigenvalue weighted by Gasteiger charge is -2.29. The highest BCUT2D eigenvalue weighted by molar-refractivity contribution is 7.80. The molecule has 2 rings (SSSR count). The number of piperidine rings is 1. The molecular formula is C14H27N3S. The molecule has 0 aromatic carbocycles. The van der Waals surface area contributed by atoms with Gasteiger partial charge in [-0.1, -0.05) is 12.8 Å². The number of hydrogen-bond acceptors (Lipinski definition) is 2. The van der Waals surface area contributed by atoms with E-state index in [1.165, 1.54) is 58.0 Å². The van der Waals surface area contributed by atoms with Gasteiger partial charge in [0.2, 0.25) is 0 Å². The summed E-state index contributed by atoms with van der Waals surface area (Å²) < 4.78 is 0. The van der Waals surface area contributed by atoms with E-state index in [9.17, 15) is 0 Å². The van der Waals surface area contributed by atoms with Crippen molar-refractivity contribution in [3.05, 3.63) is 0 Å². The van der Waals surface area contributed by atoms with Gasteiger partial charge < -0.3 is 15.5 Å². The number of nitrogens with zero attached hydrogens (tertiary/aromatic N) is 1. The summed E-state index contributed by atoms with van der Waals surface area (Å²) in [5.74, 6) is 0.892. The molecule has 2 N–H and O–H groups in total. The second-order valence-corrected chi connectivity index (χ2v) is 6.33. The fourth-order valence-corrected chi connectivity index (χ4v) is 3.32. The molecule has 4 heteroatoms. The quantitative estimate of drug-likeness (QED) is 0.765. The van der Waals surface area contributed by atoms with Crippen molar-refractivity contribution in [3.8, 4) is 0 Å². The van der Waals surface area contributed by atoms with Crippen LogP contribution in [-0.2, 0) is 0 Å². The Morgan fingerprint density at radius 3 is 2.50 bits per heavy atom. The van der Waals surface area contributed by atoms with Crippen molar-refractivity contribution in [1.82, 2.24) is 15.5 Å². The van der Waals surface area contributed by atoms with Gasteiger partial charge in [0.1, 0.15) is 0 Å². The molecule has 2 aliphatic rings. The first-order valence-electron chi connectivity index (χ1n) is 7.47. The highest BCUT2D eigenvalue weighted by atomic mass is 32.1. The standard InChI is InChI=1S/C14H27N3S/c1-17-10-7-12(8-11-17)6-9-15-14(18)16-13-4-2-3-5-13/h12-13H,2-11H2,1H3,(H2,15,16,18). The van der Waals surface area contributed by atoms with Crippen molar-refractivity contribution >= 4 is 17.3 Å². The van der Waals surface area contributed by atoms with E-state index in [-0.39, 0.29) is 0 Å². The summed E-state index contributed by atoms with van der Waals surface area (Å²) in [5, 5.41) is 7.68. The van der Waals surface area contributed by atoms with Gasteiger partial charge in [-0.3, -0.25) is 0 Å². The van der Waals surface area contributed by atoms with Gasteiger partial charge in [-0.15, -0.1) is 0 Å². The van der Waals surface area contributed by atoms with Gasteiger partial charge in [-0.25, -0.2) is 0 Å². The summed E-state index contributed by atoms with van der Waals surface area (Å²) in [6, 6.07) is 0.633. The number of rotatable bonds is 4. The molecule has 0 radical (unpaired) electrons. The molecule has 0 unspecified atom stereocenters. The first kappa shape index (κ1) is 14.1. The lowest BCUT2D eigenvalue weighted by atomic mass is 9.94. The Labute approximate surface area is 117 Å². The molecule has 0 atom stereocenters. The van der Waals surface area contributed by atoms with Gasteiger partial charge in [0.25, 0.3) is 0 Å². The van der Waals surface area contributed by atoms with E-state index in [0.29, 0.717) is 6.04 Å².